The van der Waals surface area contributed by atoms with Crippen molar-refractivity contribution in [1.82, 2.24) is 4.98 Å². The summed E-state index contributed by atoms with van der Waals surface area (Å²) in [5, 5.41) is 0. The van der Waals surface area contributed by atoms with E-state index in [1.165, 1.54) is 44.1 Å². The van der Waals surface area contributed by atoms with Gasteiger partial charge in [0.2, 0.25) is 0 Å². The maximum atomic E-state index is 6.18. The molecule has 2 N–H and O–H groups in total. The summed E-state index contributed by atoms with van der Waals surface area (Å²) in [4.78, 5) is 4.41. The predicted octanol–water partition coefficient (Wildman–Crippen LogP) is 4.01. The van der Waals surface area contributed by atoms with Crippen LogP contribution in [0, 0.1) is 6.92 Å². The molecule has 0 aliphatic rings. The van der Waals surface area contributed by atoms with Crippen molar-refractivity contribution in [2.24, 2.45) is 5.73 Å². The third kappa shape index (κ3) is 6.15. The van der Waals surface area contributed by atoms with Crippen molar-refractivity contribution in [3.05, 3.63) is 29.6 Å². The van der Waals surface area contributed by atoms with Gasteiger partial charge in [-0.1, -0.05) is 51.5 Å². The quantitative estimate of drug-likeness (QED) is 0.671. The van der Waals surface area contributed by atoms with Crippen LogP contribution in [-0.2, 0) is 6.42 Å². The lowest BCUT2D eigenvalue weighted by Gasteiger charge is -2.12. The molecule has 1 atom stereocenters. The van der Waals surface area contributed by atoms with Gasteiger partial charge in [0.05, 0.1) is 0 Å². The first-order valence-electron chi connectivity index (χ1n) is 7.40. The number of rotatable bonds is 9. The van der Waals surface area contributed by atoms with Gasteiger partial charge in [0, 0.05) is 24.4 Å². The van der Waals surface area contributed by atoms with Gasteiger partial charge in [0.15, 0.2) is 0 Å². The number of aromatic nitrogens is 1. The second-order valence-electron chi connectivity index (χ2n) is 5.29. The van der Waals surface area contributed by atoms with E-state index in [2.05, 4.69) is 24.9 Å². The highest BCUT2D eigenvalue weighted by molar-refractivity contribution is 5.18. The molecule has 0 aliphatic carbocycles. The number of nitrogens with zero attached hydrogens (tertiary/aromatic N) is 1. The second kappa shape index (κ2) is 9.09. The normalized spacial score (nSPS) is 12.6. The number of hydrogen-bond donors (Lipinski definition) is 1. The fourth-order valence-corrected chi connectivity index (χ4v) is 2.27. The zero-order valence-electron chi connectivity index (χ0n) is 12.0. The Morgan fingerprint density at radius 3 is 2.61 bits per heavy atom. The molecule has 2 nitrogen and oxygen atoms in total. The third-order valence-electron chi connectivity index (χ3n) is 3.50. The lowest BCUT2D eigenvalue weighted by molar-refractivity contribution is 0.529. The summed E-state index contributed by atoms with van der Waals surface area (Å²) < 4.78 is 0. The molecule has 1 rings (SSSR count). The molecule has 1 aromatic heterocycles. The Labute approximate surface area is 112 Å². The van der Waals surface area contributed by atoms with Crippen molar-refractivity contribution in [3.63, 3.8) is 0 Å². The zero-order valence-corrected chi connectivity index (χ0v) is 12.0. The van der Waals surface area contributed by atoms with Gasteiger partial charge in [-0.3, -0.25) is 4.98 Å². The first kappa shape index (κ1) is 15.2. The molecule has 2 heteroatoms. The SMILES string of the molecule is CCCCCCCCC(N)Cc1ncccc1C. The summed E-state index contributed by atoms with van der Waals surface area (Å²) in [5.41, 5.74) is 8.60. The highest BCUT2D eigenvalue weighted by Crippen LogP contribution is 2.11. The van der Waals surface area contributed by atoms with Gasteiger partial charge in [0.1, 0.15) is 0 Å². The van der Waals surface area contributed by atoms with E-state index >= 15 is 0 Å². The van der Waals surface area contributed by atoms with Crippen LogP contribution in [0.1, 0.15) is 63.1 Å². The summed E-state index contributed by atoms with van der Waals surface area (Å²) in [6, 6.07) is 4.36. The fraction of sp³-hybridized carbons (Fsp3) is 0.688. The van der Waals surface area contributed by atoms with Gasteiger partial charge in [0.25, 0.3) is 0 Å². The maximum Gasteiger partial charge on any atom is 0.0448 e. The van der Waals surface area contributed by atoms with Crippen LogP contribution in [0.15, 0.2) is 18.3 Å². The molecule has 0 fully saturated rings. The van der Waals surface area contributed by atoms with Crippen molar-refractivity contribution in [1.29, 1.82) is 0 Å². The van der Waals surface area contributed by atoms with Crippen LogP contribution < -0.4 is 5.73 Å². The summed E-state index contributed by atoms with van der Waals surface area (Å²) in [5.74, 6) is 0. The van der Waals surface area contributed by atoms with Crippen LogP contribution in [0.2, 0.25) is 0 Å². The molecule has 0 saturated carbocycles. The van der Waals surface area contributed by atoms with Crippen LogP contribution in [0.5, 0.6) is 0 Å². The van der Waals surface area contributed by atoms with E-state index in [-0.39, 0.29) is 6.04 Å². The summed E-state index contributed by atoms with van der Waals surface area (Å²) in [6.45, 7) is 4.37. The minimum absolute atomic E-state index is 0.268. The van der Waals surface area contributed by atoms with Crippen molar-refractivity contribution in [3.8, 4) is 0 Å². The lowest BCUT2D eigenvalue weighted by atomic mass is 10.0. The summed E-state index contributed by atoms with van der Waals surface area (Å²) >= 11 is 0. The first-order valence-corrected chi connectivity index (χ1v) is 7.40. The Hall–Kier alpha value is -0.890. The topological polar surface area (TPSA) is 38.9 Å². The number of unbranched alkanes of at least 4 members (excludes halogenated alkanes) is 5. The molecule has 0 saturated heterocycles. The molecular formula is C16H28N2. The van der Waals surface area contributed by atoms with Gasteiger partial charge < -0.3 is 5.73 Å². The Kier molecular flexibility index (Phi) is 7.66. The smallest absolute Gasteiger partial charge is 0.0448 e. The largest absolute Gasteiger partial charge is 0.327 e. The van der Waals surface area contributed by atoms with E-state index in [1.54, 1.807) is 0 Å². The van der Waals surface area contributed by atoms with Gasteiger partial charge in [-0.15, -0.1) is 0 Å². The molecule has 0 bridgehead atoms. The first-order chi connectivity index (χ1) is 8.74. The molecule has 0 aliphatic heterocycles. The fourth-order valence-electron chi connectivity index (χ4n) is 2.27. The zero-order chi connectivity index (χ0) is 13.2. The van der Waals surface area contributed by atoms with Crippen molar-refractivity contribution >= 4 is 0 Å². The molecule has 1 aromatic rings. The molecule has 1 heterocycles. The van der Waals surface area contributed by atoms with Crippen LogP contribution in [0.4, 0.5) is 0 Å². The standard InChI is InChI=1S/C16H28N2/c1-3-4-5-6-7-8-11-15(17)13-16-14(2)10-9-12-18-16/h9-10,12,15H,3-8,11,13,17H2,1-2H3. The molecular weight excluding hydrogens is 220 g/mol. The van der Waals surface area contributed by atoms with Gasteiger partial charge in [-0.2, -0.15) is 0 Å². The number of aryl methyl sites for hydroxylation is 1. The second-order valence-corrected chi connectivity index (χ2v) is 5.29. The lowest BCUT2D eigenvalue weighted by Crippen LogP contribution is -2.23. The van der Waals surface area contributed by atoms with Crippen molar-refractivity contribution in [2.75, 3.05) is 0 Å². The number of hydrogen-bond acceptors (Lipinski definition) is 2. The van der Waals surface area contributed by atoms with Crippen LogP contribution in [0.3, 0.4) is 0 Å². The highest BCUT2D eigenvalue weighted by atomic mass is 14.7. The number of pyridine rings is 1. The van der Waals surface area contributed by atoms with Crippen molar-refractivity contribution < 1.29 is 0 Å². The third-order valence-corrected chi connectivity index (χ3v) is 3.50. The average Bonchev–Trinajstić information content (AvgIpc) is 2.36. The van der Waals surface area contributed by atoms with E-state index < -0.39 is 0 Å². The Morgan fingerprint density at radius 1 is 1.17 bits per heavy atom. The molecule has 0 aromatic carbocycles. The van der Waals surface area contributed by atoms with E-state index in [4.69, 9.17) is 5.73 Å². The van der Waals surface area contributed by atoms with E-state index in [1.807, 2.05) is 12.3 Å². The summed E-state index contributed by atoms with van der Waals surface area (Å²) in [6.07, 6.45) is 11.9. The summed E-state index contributed by atoms with van der Waals surface area (Å²) in [7, 11) is 0. The monoisotopic (exact) mass is 248 g/mol. The van der Waals surface area contributed by atoms with Crippen LogP contribution in [-0.4, -0.2) is 11.0 Å². The molecule has 102 valence electrons. The Balaban J connectivity index is 2.14. The minimum Gasteiger partial charge on any atom is -0.327 e. The van der Waals surface area contributed by atoms with Crippen LogP contribution in [0.25, 0.3) is 0 Å². The molecule has 0 amide bonds. The van der Waals surface area contributed by atoms with E-state index in [0.717, 1.165) is 18.5 Å². The van der Waals surface area contributed by atoms with Gasteiger partial charge >= 0.3 is 0 Å². The molecule has 0 spiro atoms. The van der Waals surface area contributed by atoms with E-state index in [0.29, 0.717) is 0 Å². The van der Waals surface area contributed by atoms with Gasteiger partial charge in [-0.05, 0) is 25.0 Å². The predicted molar refractivity (Wildman–Crippen MR) is 78.6 cm³/mol. The maximum absolute atomic E-state index is 6.18. The van der Waals surface area contributed by atoms with Crippen LogP contribution >= 0.6 is 0 Å². The molecule has 1 unspecified atom stereocenters. The molecule has 0 radical (unpaired) electrons. The Bertz CT molecular complexity index is 323. The highest BCUT2D eigenvalue weighted by Gasteiger charge is 2.06. The van der Waals surface area contributed by atoms with Crippen molar-refractivity contribution in [2.45, 2.75) is 71.3 Å². The van der Waals surface area contributed by atoms with E-state index in [9.17, 15) is 0 Å². The Morgan fingerprint density at radius 2 is 1.89 bits per heavy atom. The minimum atomic E-state index is 0.268. The molecule has 18 heavy (non-hydrogen) atoms. The van der Waals surface area contributed by atoms with Gasteiger partial charge in [-0.25, -0.2) is 0 Å². The number of nitrogens with two attached hydrogens (primary N) is 1. The average molecular weight is 248 g/mol.